The second-order valence-corrected chi connectivity index (χ2v) is 8.13. The molecule has 2 aliphatic heterocycles. The van der Waals surface area contributed by atoms with E-state index in [2.05, 4.69) is 14.9 Å². The van der Waals surface area contributed by atoms with Gasteiger partial charge in [-0.1, -0.05) is 0 Å². The van der Waals surface area contributed by atoms with Gasteiger partial charge in [0.2, 0.25) is 11.9 Å². The molecule has 0 aromatic carbocycles. The van der Waals surface area contributed by atoms with E-state index in [0.29, 0.717) is 38.7 Å². The van der Waals surface area contributed by atoms with E-state index in [4.69, 9.17) is 4.74 Å². The summed E-state index contributed by atoms with van der Waals surface area (Å²) in [5, 5.41) is 0. The largest absolute Gasteiger partial charge is 0.444 e. The van der Waals surface area contributed by atoms with Gasteiger partial charge in [0.05, 0.1) is 5.92 Å². The number of piperidine rings is 1. The van der Waals surface area contributed by atoms with E-state index in [1.54, 1.807) is 23.4 Å². The normalized spacial score (nSPS) is 21.1. The SMILES string of the molecule is CC(C)(C)OC(=O)N1CCN(C(=O)C2CCCN(c3ncccn3)C2)CC1. The minimum atomic E-state index is -0.505. The van der Waals surface area contributed by atoms with E-state index in [-0.39, 0.29) is 17.9 Å². The molecule has 2 fully saturated rings. The number of piperazine rings is 1. The van der Waals surface area contributed by atoms with Gasteiger partial charge < -0.3 is 19.4 Å². The molecule has 3 rings (SSSR count). The highest BCUT2D eigenvalue weighted by molar-refractivity contribution is 5.80. The second kappa shape index (κ2) is 8.10. The number of hydrogen-bond donors (Lipinski definition) is 0. The zero-order chi connectivity index (χ0) is 19.4. The zero-order valence-electron chi connectivity index (χ0n) is 16.4. The van der Waals surface area contributed by atoms with Crippen LogP contribution in [0.25, 0.3) is 0 Å². The monoisotopic (exact) mass is 375 g/mol. The third-order valence-electron chi connectivity index (χ3n) is 4.85. The summed E-state index contributed by atoms with van der Waals surface area (Å²) in [5.41, 5.74) is -0.505. The van der Waals surface area contributed by atoms with Gasteiger partial charge in [-0.15, -0.1) is 0 Å². The van der Waals surface area contributed by atoms with Crippen LogP contribution >= 0.6 is 0 Å². The predicted molar refractivity (Wildman–Crippen MR) is 101 cm³/mol. The van der Waals surface area contributed by atoms with E-state index in [0.717, 1.165) is 19.4 Å². The molecule has 27 heavy (non-hydrogen) atoms. The molecule has 2 amide bonds. The molecule has 0 N–H and O–H groups in total. The fraction of sp³-hybridized carbons (Fsp3) is 0.684. The van der Waals surface area contributed by atoms with E-state index < -0.39 is 5.60 Å². The highest BCUT2D eigenvalue weighted by Crippen LogP contribution is 2.22. The zero-order valence-corrected chi connectivity index (χ0v) is 16.4. The first-order valence-corrected chi connectivity index (χ1v) is 9.62. The maximum absolute atomic E-state index is 13.0. The van der Waals surface area contributed by atoms with Crippen LogP contribution in [0.1, 0.15) is 33.6 Å². The summed E-state index contributed by atoms with van der Waals surface area (Å²) in [6.07, 6.45) is 4.98. The van der Waals surface area contributed by atoms with Gasteiger partial charge in [0.25, 0.3) is 0 Å². The average molecular weight is 375 g/mol. The van der Waals surface area contributed by atoms with Crippen LogP contribution in [0.5, 0.6) is 0 Å². The average Bonchev–Trinajstić information content (AvgIpc) is 2.67. The van der Waals surface area contributed by atoms with E-state index in [1.807, 2.05) is 25.7 Å². The van der Waals surface area contributed by atoms with Crippen molar-refractivity contribution in [1.29, 1.82) is 0 Å². The molecule has 1 aromatic heterocycles. The Labute approximate surface area is 160 Å². The maximum Gasteiger partial charge on any atom is 0.410 e. The van der Waals surface area contributed by atoms with Crippen molar-refractivity contribution in [3.8, 4) is 0 Å². The van der Waals surface area contributed by atoms with Crippen molar-refractivity contribution in [2.24, 2.45) is 5.92 Å². The van der Waals surface area contributed by atoms with Crippen LogP contribution in [0.15, 0.2) is 18.5 Å². The maximum atomic E-state index is 13.0. The van der Waals surface area contributed by atoms with Gasteiger partial charge in [0.1, 0.15) is 5.60 Å². The Morgan fingerprint density at radius 2 is 1.67 bits per heavy atom. The van der Waals surface area contributed by atoms with Crippen molar-refractivity contribution >= 4 is 17.9 Å². The summed E-state index contributed by atoms with van der Waals surface area (Å²) in [4.78, 5) is 39.4. The van der Waals surface area contributed by atoms with Crippen molar-refractivity contribution in [2.75, 3.05) is 44.2 Å². The lowest BCUT2D eigenvalue weighted by molar-refractivity contribution is -0.137. The summed E-state index contributed by atoms with van der Waals surface area (Å²) in [5.74, 6) is 0.805. The molecule has 1 unspecified atom stereocenters. The Hall–Kier alpha value is -2.38. The first kappa shape index (κ1) is 19.4. The van der Waals surface area contributed by atoms with Crippen molar-refractivity contribution in [3.05, 3.63) is 18.5 Å². The molecular weight excluding hydrogens is 346 g/mol. The highest BCUT2D eigenvalue weighted by atomic mass is 16.6. The first-order valence-electron chi connectivity index (χ1n) is 9.62. The Bertz CT molecular complexity index is 653. The molecular formula is C19H29N5O3. The summed E-state index contributed by atoms with van der Waals surface area (Å²) in [7, 11) is 0. The molecule has 2 saturated heterocycles. The van der Waals surface area contributed by atoms with Gasteiger partial charge in [0, 0.05) is 51.7 Å². The Morgan fingerprint density at radius 1 is 1.04 bits per heavy atom. The minimum absolute atomic E-state index is 0.0457. The number of carbonyl (C=O) groups excluding carboxylic acids is 2. The van der Waals surface area contributed by atoms with Crippen molar-refractivity contribution in [1.82, 2.24) is 19.8 Å². The van der Waals surface area contributed by atoms with Crippen LogP contribution < -0.4 is 4.90 Å². The van der Waals surface area contributed by atoms with E-state index in [9.17, 15) is 9.59 Å². The van der Waals surface area contributed by atoms with Crippen LogP contribution in [0, 0.1) is 5.92 Å². The number of rotatable bonds is 2. The van der Waals surface area contributed by atoms with Crippen molar-refractivity contribution in [3.63, 3.8) is 0 Å². The molecule has 0 saturated carbocycles. The summed E-state index contributed by atoms with van der Waals surface area (Å²) in [6.45, 7) is 9.22. The van der Waals surface area contributed by atoms with Gasteiger partial charge in [-0.25, -0.2) is 14.8 Å². The number of ether oxygens (including phenoxy) is 1. The summed E-state index contributed by atoms with van der Waals surface area (Å²) < 4.78 is 5.42. The van der Waals surface area contributed by atoms with Gasteiger partial charge in [-0.05, 0) is 39.7 Å². The number of hydrogen-bond acceptors (Lipinski definition) is 6. The minimum Gasteiger partial charge on any atom is -0.444 e. The Balaban J connectivity index is 1.52. The predicted octanol–water partition coefficient (Wildman–Crippen LogP) is 1.77. The van der Waals surface area contributed by atoms with Crippen LogP contribution in [0.3, 0.4) is 0 Å². The van der Waals surface area contributed by atoms with Crippen molar-refractivity contribution in [2.45, 2.75) is 39.2 Å². The van der Waals surface area contributed by atoms with Crippen LogP contribution in [0.4, 0.5) is 10.7 Å². The third-order valence-corrected chi connectivity index (χ3v) is 4.85. The molecule has 0 aliphatic carbocycles. The lowest BCUT2D eigenvalue weighted by Crippen LogP contribution is -2.54. The molecule has 8 heteroatoms. The van der Waals surface area contributed by atoms with Gasteiger partial charge in [-0.2, -0.15) is 0 Å². The first-order chi connectivity index (χ1) is 12.8. The highest BCUT2D eigenvalue weighted by Gasteiger charge is 2.33. The number of carbonyl (C=O) groups is 2. The fourth-order valence-corrected chi connectivity index (χ4v) is 3.51. The Kier molecular flexibility index (Phi) is 5.82. The topological polar surface area (TPSA) is 78.9 Å². The number of nitrogens with zero attached hydrogens (tertiary/aromatic N) is 5. The number of aromatic nitrogens is 2. The fourth-order valence-electron chi connectivity index (χ4n) is 3.51. The van der Waals surface area contributed by atoms with Gasteiger partial charge in [0.15, 0.2) is 0 Å². The van der Waals surface area contributed by atoms with Crippen LogP contribution in [0.2, 0.25) is 0 Å². The summed E-state index contributed by atoms with van der Waals surface area (Å²) in [6, 6.07) is 1.79. The van der Waals surface area contributed by atoms with Crippen molar-refractivity contribution < 1.29 is 14.3 Å². The molecule has 0 radical (unpaired) electrons. The molecule has 1 aromatic rings. The van der Waals surface area contributed by atoms with Gasteiger partial charge in [-0.3, -0.25) is 4.79 Å². The number of amides is 2. The van der Waals surface area contributed by atoms with Gasteiger partial charge >= 0.3 is 6.09 Å². The molecule has 3 heterocycles. The van der Waals surface area contributed by atoms with E-state index >= 15 is 0 Å². The van der Waals surface area contributed by atoms with Crippen LogP contribution in [-0.4, -0.2) is 76.6 Å². The quantitative estimate of drug-likeness (QED) is 0.784. The summed E-state index contributed by atoms with van der Waals surface area (Å²) >= 11 is 0. The molecule has 0 spiro atoms. The molecule has 1 atom stereocenters. The Morgan fingerprint density at radius 3 is 2.30 bits per heavy atom. The third kappa shape index (κ3) is 5.08. The van der Waals surface area contributed by atoms with E-state index in [1.165, 1.54) is 0 Å². The molecule has 148 valence electrons. The molecule has 2 aliphatic rings. The molecule has 0 bridgehead atoms. The smallest absolute Gasteiger partial charge is 0.410 e. The molecule has 8 nitrogen and oxygen atoms in total. The standard InChI is InChI=1S/C19H29N5O3/c1-19(2,3)27-18(26)23-12-10-22(11-13-23)16(25)15-6-4-9-24(14-15)17-20-7-5-8-21-17/h5,7-8,15H,4,6,9-14H2,1-3H3. The lowest BCUT2D eigenvalue weighted by atomic mass is 9.96. The lowest BCUT2D eigenvalue weighted by Gasteiger charge is -2.39. The number of anilines is 1. The second-order valence-electron chi connectivity index (χ2n) is 8.13. The van der Waals surface area contributed by atoms with Crippen LogP contribution in [-0.2, 0) is 9.53 Å².